The van der Waals surface area contributed by atoms with Crippen LogP contribution < -0.4 is 10.0 Å². The van der Waals surface area contributed by atoms with Crippen molar-refractivity contribution in [1.82, 2.24) is 10.0 Å². The summed E-state index contributed by atoms with van der Waals surface area (Å²) >= 11 is 3.20. The van der Waals surface area contributed by atoms with Gasteiger partial charge in [0.2, 0.25) is 0 Å². The van der Waals surface area contributed by atoms with Crippen LogP contribution in [-0.4, -0.2) is 21.0 Å². The predicted molar refractivity (Wildman–Crippen MR) is 89.1 cm³/mol. The SMILES string of the molecule is Cc1ccc(Br)c(S(=O)(=O)NC(=O)NCC2CC(C)(C)C2)c1. The Morgan fingerprint density at radius 2 is 2.00 bits per heavy atom. The molecule has 2 amide bonds. The molecule has 0 saturated heterocycles. The molecule has 2 rings (SSSR count). The van der Waals surface area contributed by atoms with Gasteiger partial charge in [-0.15, -0.1) is 0 Å². The van der Waals surface area contributed by atoms with Crippen molar-refractivity contribution >= 4 is 32.0 Å². The average molecular weight is 389 g/mol. The number of nitrogens with one attached hydrogen (secondary N) is 2. The number of hydrogen-bond donors (Lipinski definition) is 2. The molecule has 1 aliphatic rings. The fourth-order valence-electron chi connectivity index (χ4n) is 2.91. The summed E-state index contributed by atoms with van der Waals surface area (Å²) in [7, 11) is -3.88. The molecular formula is C15H21BrN2O3S. The number of halogens is 1. The highest BCUT2D eigenvalue weighted by molar-refractivity contribution is 9.10. The molecule has 0 unspecified atom stereocenters. The van der Waals surface area contributed by atoms with Crippen LogP contribution in [-0.2, 0) is 10.0 Å². The fraction of sp³-hybridized carbons (Fsp3) is 0.533. The first kappa shape index (κ1) is 17.3. The van der Waals surface area contributed by atoms with E-state index >= 15 is 0 Å². The Bertz CT molecular complexity index is 678. The van der Waals surface area contributed by atoms with Gasteiger partial charge in [-0.2, -0.15) is 0 Å². The summed E-state index contributed by atoms with van der Waals surface area (Å²) in [5.74, 6) is 0.425. The molecule has 1 saturated carbocycles. The maximum absolute atomic E-state index is 12.2. The third kappa shape index (κ3) is 4.23. The van der Waals surface area contributed by atoms with Crippen LogP contribution in [0.1, 0.15) is 32.3 Å². The van der Waals surface area contributed by atoms with E-state index in [1.807, 2.05) is 0 Å². The van der Waals surface area contributed by atoms with Gasteiger partial charge in [-0.1, -0.05) is 19.9 Å². The van der Waals surface area contributed by atoms with Gasteiger partial charge in [-0.05, 0) is 64.7 Å². The lowest BCUT2D eigenvalue weighted by Crippen LogP contribution is -2.45. The highest BCUT2D eigenvalue weighted by Crippen LogP contribution is 2.44. The second-order valence-corrected chi connectivity index (χ2v) is 9.19. The Kier molecular flexibility index (Phi) is 4.87. The van der Waals surface area contributed by atoms with Crippen LogP contribution in [0.25, 0.3) is 0 Å². The summed E-state index contributed by atoms with van der Waals surface area (Å²) in [5.41, 5.74) is 1.14. The number of rotatable bonds is 4. The molecule has 0 aliphatic heterocycles. The Morgan fingerprint density at radius 1 is 1.36 bits per heavy atom. The molecule has 0 heterocycles. The minimum absolute atomic E-state index is 0.0624. The van der Waals surface area contributed by atoms with Crippen molar-refractivity contribution in [3.8, 4) is 0 Å². The van der Waals surface area contributed by atoms with E-state index in [2.05, 4.69) is 39.8 Å². The molecule has 122 valence electrons. The highest BCUT2D eigenvalue weighted by Gasteiger charge is 2.35. The zero-order valence-electron chi connectivity index (χ0n) is 12.9. The number of carbonyl (C=O) groups excluding carboxylic acids is 1. The van der Waals surface area contributed by atoms with E-state index in [1.54, 1.807) is 19.1 Å². The molecule has 1 fully saturated rings. The molecule has 0 spiro atoms. The van der Waals surface area contributed by atoms with Crippen LogP contribution in [0, 0.1) is 18.3 Å². The van der Waals surface area contributed by atoms with E-state index < -0.39 is 16.1 Å². The average Bonchev–Trinajstić information content (AvgIpc) is 2.36. The summed E-state index contributed by atoms with van der Waals surface area (Å²) in [6.07, 6.45) is 2.09. The number of urea groups is 1. The van der Waals surface area contributed by atoms with E-state index in [-0.39, 0.29) is 4.90 Å². The van der Waals surface area contributed by atoms with E-state index in [0.29, 0.717) is 22.4 Å². The third-order valence-corrected chi connectivity index (χ3v) is 6.16. The van der Waals surface area contributed by atoms with Crippen LogP contribution in [0.4, 0.5) is 4.79 Å². The summed E-state index contributed by atoms with van der Waals surface area (Å²) in [6.45, 7) is 6.66. The minimum Gasteiger partial charge on any atom is -0.337 e. The van der Waals surface area contributed by atoms with Crippen molar-refractivity contribution in [3.63, 3.8) is 0 Å². The standard InChI is InChI=1S/C15H21BrN2O3S/c1-10-4-5-12(16)13(6-10)22(20,21)18-14(19)17-9-11-7-15(2,3)8-11/h4-6,11H,7-9H2,1-3H3,(H2,17,18,19). The van der Waals surface area contributed by atoms with Gasteiger partial charge in [0.1, 0.15) is 4.90 Å². The van der Waals surface area contributed by atoms with Gasteiger partial charge in [-0.3, -0.25) is 0 Å². The minimum atomic E-state index is -3.88. The van der Waals surface area contributed by atoms with Gasteiger partial charge in [0.25, 0.3) is 10.0 Å². The number of aryl methyl sites for hydroxylation is 1. The Morgan fingerprint density at radius 3 is 2.59 bits per heavy atom. The highest BCUT2D eigenvalue weighted by atomic mass is 79.9. The Balaban J connectivity index is 1.94. The van der Waals surface area contributed by atoms with Crippen LogP contribution in [0.15, 0.2) is 27.6 Å². The molecule has 0 atom stereocenters. The van der Waals surface area contributed by atoms with Gasteiger partial charge in [0.05, 0.1) is 0 Å². The Hall–Kier alpha value is -1.08. The number of hydrogen-bond acceptors (Lipinski definition) is 3. The molecule has 0 radical (unpaired) electrons. The van der Waals surface area contributed by atoms with Crippen molar-refractivity contribution in [2.75, 3.05) is 6.54 Å². The summed E-state index contributed by atoms with van der Waals surface area (Å²) in [5, 5.41) is 2.64. The third-order valence-electron chi connectivity index (χ3n) is 3.84. The van der Waals surface area contributed by atoms with Crippen molar-refractivity contribution in [2.45, 2.75) is 38.5 Å². The van der Waals surface area contributed by atoms with E-state index in [0.717, 1.165) is 18.4 Å². The van der Waals surface area contributed by atoms with Crippen LogP contribution in [0.3, 0.4) is 0 Å². The largest absolute Gasteiger partial charge is 0.337 e. The number of amides is 2. The van der Waals surface area contributed by atoms with Gasteiger partial charge < -0.3 is 5.32 Å². The van der Waals surface area contributed by atoms with E-state index in [9.17, 15) is 13.2 Å². The molecule has 1 aliphatic carbocycles. The molecule has 5 nitrogen and oxygen atoms in total. The molecule has 1 aromatic carbocycles. The van der Waals surface area contributed by atoms with Crippen LogP contribution in [0.5, 0.6) is 0 Å². The zero-order valence-corrected chi connectivity index (χ0v) is 15.3. The van der Waals surface area contributed by atoms with Crippen LogP contribution >= 0.6 is 15.9 Å². The van der Waals surface area contributed by atoms with Crippen molar-refractivity contribution in [2.24, 2.45) is 11.3 Å². The van der Waals surface area contributed by atoms with Gasteiger partial charge in [-0.25, -0.2) is 17.9 Å². The summed E-state index contributed by atoms with van der Waals surface area (Å²) in [4.78, 5) is 11.9. The molecule has 7 heteroatoms. The van der Waals surface area contributed by atoms with Crippen molar-refractivity contribution in [3.05, 3.63) is 28.2 Å². The monoisotopic (exact) mass is 388 g/mol. The molecule has 0 aromatic heterocycles. The van der Waals surface area contributed by atoms with E-state index in [1.165, 1.54) is 6.07 Å². The number of sulfonamides is 1. The maximum atomic E-state index is 12.2. The van der Waals surface area contributed by atoms with Crippen LogP contribution in [0.2, 0.25) is 0 Å². The van der Waals surface area contributed by atoms with Crippen molar-refractivity contribution in [1.29, 1.82) is 0 Å². The maximum Gasteiger partial charge on any atom is 0.328 e. The predicted octanol–water partition coefficient (Wildman–Crippen LogP) is 3.18. The molecule has 1 aromatic rings. The first-order valence-corrected chi connectivity index (χ1v) is 9.43. The zero-order chi connectivity index (χ0) is 16.5. The normalized spacial score (nSPS) is 17.6. The molecular weight excluding hydrogens is 368 g/mol. The first-order chi connectivity index (χ1) is 10.1. The number of benzene rings is 1. The second-order valence-electron chi connectivity index (χ2n) is 6.69. The topological polar surface area (TPSA) is 75.3 Å². The first-order valence-electron chi connectivity index (χ1n) is 7.16. The summed E-state index contributed by atoms with van der Waals surface area (Å²) in [6, 6.07) is 4.28. The lowest BCUT2D eigenvalue weighted by Gasteiger charge is -2.42. The lowest BCUT2D eigenvalue weighted by atomic mass is 9.64. The second kappa shape index (κ2) is 6.20. The van der Waals surface area contributed by atoms with Gasteiger partial charge >= 0.3 is 6.03 Å². The van der Waals surface area contributed by atoms with Crippen molar-refractivity contribution < 1.29 is 13.2 Å². The Labute approximate surface area is 140 Å². The smallest absolute Gasteiger partial charge is 0.328 e. The van der Waals surface area contributed by atoms with Gasteiger partial charge in [0.15, 0.2) is 0 Å². The number of carbonyl (C=O) groups is 1. The van der Waals surface area contributed by atoms with E-state index in [4.69, 9.17) is 0 Å². The fourth-order valence-corrected chi connectivity index (χ4v) is 4.89. The summed E-state index contributed by atoms with van der Waals surface area (Å²) < 4.78 is 27.0. The lowest BCUT2D eigenvalue weighted by molar-refractivity contribution is 0.0975. The molecule has 0 bridgehead atoms. The molecule has 2 N–H and O–H groups in total. The molecule has 22 heavy (non-hydrogen) atoms. The van der Waals surface area contributed by atoms with Gasteiger partial charge in [0, 0.05) is 11.0 Å². The quantitative estimate of drug-likeness (QED) is 0.831.